The molecule has 2 aliphatic rings. The number of hydrogen-bond acceptors (Lipinski definition) is 4. The van der Waals surface area contributed by atoms with Crippen LogP contribution in [0.5, 0.6) is 5.75 Å². The van der Waals surface area contributed by atoms with E-state index in [4.69, 9.17) is 0 Å². The van der Waals surface area contributed by atoms with Crippen molar-refractivity contribution in [3.05, 3.63) is 33.4 Å². The number of hydrogen-bond donors (Lipinski definition) is 1. The van der Waals surface area contributed by atoms with E-state index in [-0.39, 0.29) is 11.4 Å². The summed E-state index contributed by atoms with van der Waals surface area (Å²) in [5, 5.41) is 20.5. The van der Waals surface area contributed by atoms with Crippen molar-refractivity contribution in [2.45, 2.75) is 18.3 Å². The van der Waals surface area contributed by atoms with Crippen molar-refractivity contribution in [2.75, 3.05) is 20.1 Å². The topological polar surface area (TPSA) is 66.6 Å². The molecule has 0 saturated carbocycles. The molecule has 5 heteroatoms. The number of likely N-dealkylation sites (N-methyl/N-ethyl adjacent to an activating group) is 1. The van der Waals surface area contributed by atoms with Crippen LogP contribution in [0.15, 0.2) is 12.1 Å². The van der Waals surface area contributed by atoms with Gasteiger partial charge in [-0.2, -0.15) is 0 Å². The molecule has 1 aromatic carbocycles. The molecule has 2 bridgehead atoms. The van der Waals surface area contributed by atoms with E-state index in [2.05, 4.69) is 11.9 Å². The smallest absolute Gasteiger partial charge is 0.310 e. The standard InChI is InChI=1S/C12H14N2O3/c1-13-5-7-2-8(6-13)10-4-12(15)11(14(16)17)3-9(7)10/h3-4,7-8,15H,2,5-6H2,1H3. The summed E-state index contributed by atoms with van der Waals surface area (Å²) in [6, 6.07) is 3.16. The molecule has 1 saturated heterocycles. The monoisotopic (exact) mass is 234 g/mol. The number of likely N-dealkylation sites (tertiary alicyclic amines) is 1. The van der Waals surface area contributed by atoms with Gasteiger partial charge in [-0.05, 0) is 42.5 Å². The van der Waals surface area contributed by atoms with E-state index >= 15 is 0 Å². The molecule has 1 aromatic rings. The van der Waals surface area contributed by atoms with Gasteiger partial charge in [0.15, 0.2) is 5.75 Å². The number of piperidine rings is 1. The van der Waals surface area contributed by atoms with E-state index in [1.165, 1.54) is 0 Å². The van der Waals surface area contributed by atoms with Crippen molar-refractivity contribution in [2.24, 2.45) is 0 Å². The first kappa shape index (κ1) is 10.5. The molecule has 1 aliphatic carbocycles. The fourth-order valence-corrected chi connectivity index (χ4v) is 3.23. The van der Waals surface area contributed by atoms with E-state index in [0.717, 1.165) is 30.6 Å². The number of phenolic OH excluding ortho intramolecular Hbond substituents is 1. The molecule has 1 aliphatic heterocycles. The molecule has 2 unspecified atom stereocenters. The zero-order valence-electron chi connectivity index (χ0n) is 9.59. The Bertz CT molecular complexity index is 501. The minimum absolute atomic E-state index is 0.168. The molecule has 0 radical (unpaired) electrons. The van der Waals surface area contributed by atoms with Gasteiger partial charge < -0.3 is 10.0 Å². The van der Waals surface area contributed by atoms with Crippen LogP contribution in [0.2, 0.25) is 0 Å². The summed E-state index contributed by atoms with van der Waals surface area (Å²) in [5.74, 6) is 0.595. The third kappa shape index (κ3) is 1.50. The Kier molecular flexibility index (Phi) is 2.13. The Labute approximate surface area is 98.8 Å². The maximum atomic E-state index is 10.8. The average Bonchev–Trinajstić information content (AvgIpc) is 2.49. The van der Waals surface area contributed by atoms with Crippen LogP contribution in [0.1, 0.15) is 29.4 Å². The van der Waals surface area contributed by atoms with Gasteiger partial charge in [-0.3, -0.25) is 10.1 Å². The number of fused-ring (bicyclic) bond motifs is 5. The predicted molar refractivity (Wildman–Crippen MR) is 62.4 cm³/mol. The number of nitro groups is 1. The number of nitrogens with zero attached hydrogens (tertiary/aromatic N) is 2. The van der Waals surface area contributed by atoms with Crippen LogP contribution < -0.4 is 0 Å². The third-order valence-electron chi connectivity index (χ3n) is 3.89. The summed E-state index contributed by atoms with van der Waals surface area (Å²) < 4.78 is 0. The second-order valence-corrected chi connectivity index (χ2v) is 5.08. The van der Waals surface area contributed by atoms with Crippen LogP contribution in [0, 0.1) is 10.1 Å². The summed E-state index contributed by atoms with van der Waals surface area (Å²) in [5.41, 5.74) is 1.99. The highest BCUT2D eigenvalue weighted by molar-refractivity contribution is 5.55. The predicted octanol–water partition coefficient (Wildman–Crippen LogP) is 1.82. The van der Waals surface area contributed by atoms with Crippen LogP contribution in [0.3, 0.4) is 0 Å². The van der Waals surface area contributed by atoms with Crippen LogP contribution in [0.25, 0.3) is 0 Å². The highest BCUT2D eigenvalue weighted by Crippen LogP contribution is 2.48. The normalized spacial score (nSPS) is 26.9. The number of aromatic hydroxyl groups is 1. The van der Waals surface area contributed by atoms with Gasteiger partial charge >= 0.3 is 5.69 Å². The lowest BCUT2D eigenvalue weighted by Gasteiger charge is -2.28. The summed E-state index contributed by atoms with van der Waals surface area (Å²) in [6.45, 7) is 1.92. The largest absolute Gasteiger partial charge is 0.502 e. The summed E-state index contributed by atoms with van der Waals surface area (Å²) in [6.07, 6.45) is 1.06. The minimum Gasteiger partial charge on any atom is -0.502 e. The molecular weight excluding hydrogens is 220 g/mol. The molecule has 0 spiro atoms. The van der Waals surface area contributed by atoms with Crippen molar-refractivity contribution in [3.63, 3.8) is 0 Å². The van der Waals surface area contributed by atoms with E-state index in [9.17, 15) is 15.2 Å². The molecule has 3 rings (SSSR count). The van der Waals surface area contributed by atoms with Crippen LogP contribution in [0.4, 0.5) is 5.69 Å². The average molecular weight is 234 g/mol. The highest BCUT2D eigenvalue weighted by Gasteiger charge is 2.38. The van der Waals surface area contributed by atoms with Gasteiger partial charge in [0.25, 0.3) is 0 Å². The fourth-order valence-electron chi connectivity index (χ4n) is 3.23. The van der Waals surface area contributed by atoms with E-state index < -0.39 is 4.92 Å². The lowest BCUT2D eigenvalue weighted by Crippen LogP contribution is -2.31. The van der Waals surface area contributed by atoms with Gasteiger partial charge in [0, 0.05) is 19.2 Å². The van der Waals surface area contributed by atoms with Gasteiger partial charge in [0.05, 0.1) is 4.92 Å². The molecule has 0 aromatic heterocycles. The van der Waals surface area contributed by atoms with Gasteiger partial charge in [-0.15, -0.1) is 0 Å². The Morgan fingerprint density at radius 1 is 1.35 bits per heavy atom. The Morgan fingerprint density at radius 2 is 1.94 bits per heavy atom. The van der Waals surface area contributed by atoms with Crippen molar-refractivity contribution in [1.82, 2.24) is 4.90 Å². The minimum atomic E-state index is -0.512. The van der Waals surface area contributed by atoms with Gasteiger partial charge in [0.2, 0.25) is 0 Å². The zero-order chi connectivity index (χ0) is 12.2. The van der Waals surface area contributed by atoms with E-state index in [1.54, 1.807) is 12.1 Å². The van der Waals surface area contributed by atoms with Crippen molar-refractivity contribution in [1.29, 1.82) is 0 Å². The van der Waals surface area contributed by atoms with Crippen LogP contribution in [-0.4, -0.2) is 35.1 Å². The van der Waals surface area contributed by atoms with Crippen molar-refractivity contribution in [3.8, 4) is 5.75 Å². The van der Waals surface area contributed by atoms with E-state index in [1.807, 2.05) is 0 Å². The fraction of sp³-hybridized carbons (Fsp3) is 0.500. The molecule has 90 valence electrons. The second kappa shape index (κ2) is 3.43. The molecule has 5 nitrogen and oxygen atoms in total. The molecule has 0 amide bonds. The molecular formula is C12H14N2O3. The third-order valence-corrected chi connectivity index (χ3v) is 3.89. The number of rotatable bonds is 1. The quantitative estimate of drug-likeness (QED) is 0.594. The molecule has 17 heavy (non-hydrogen) atoms. The SMILES string of the molecule is CN1CC2CC(C1)c1cc([N+](=O)[O-])c(O)cc12. The first-order valence-electron chi connectivity index (χ1n) is 5.76. The maximum absolute atomic E-state index is 10.8. The van der Waals surface area contributed by atoms with Crippen molar-refractivity contribution < 1.29 is 10.0 Å². The zero-order valence-corrected chi connectivity index (χ0v) is 9.59. The summed E-state index contributed by atoms with van der Waals surface area (Å²) in [7, 11) is 2.07. The Morgan fingerprint density at radius 3 is 2.53 bits per heavy atom. The van der Waals surface area contributed by atoms with Crippen molar-refractivity contribution >= 4 is 5.69 Å². The van der Waals surface area contributed by atoms with E-state index in [0.29, 0.717) is 11.8 Å². The van der Waals surface area contributed by atoms with Crippen LogP contribution in [-0.2, 0) is 0 Å². The molecule has 1 N–H and O–H groups in total. The van der Waals surface area contributed by atoms with Gasteiger partial charge in [0.1, 0.15) is 0 Å². The lowest BCUT2D eigenvalue weighted by atomic mass is 9.96. The second-order valence-electron chi connectivity index (χ2n) is 5.08. The Hall–Kier alpha value is -1.62. The Balaban J connectivity index is 2.12. The number of benzene rings is 1. The first-order valence-corrected chi connectivity index (χ1v) is 5.76. The molecule has 1 heterocycles. The number of nitro benzene ring substituents is 1. The first-order chi connectivity index (χ1) is 8.06. The van der Waals surface area contributed by atoms with Gasteiger partial charge in [-0.1, -0.05) is 0 Å². The van der Waals surface area contributed by atoms with Crippen LogP contribution >= 0.6 is 0 Å². The lowest BCUT2D eigenvalue weighted by molar-refractivity contribution is -0.385. The highest BCUT2D eigenvalue weighted by atomic mass is 16.6. The molecule has 2 atom stereocenters. The maximum Gasteiger partial charge on any atom is 0.310 e. The summed E-state index contributed by atoms with van der Waals surface area (Å²) >= 11 is 0. The molecule has 1 fully saturated rings. The van der Waals surface area contributed by atoms with Gasteiger partial charge in [-0.25, -0.2) is 0 Å². The number of phenols is 1. The summed E-state index contributed by atoms with van der Waals surface area (Å²) in [4.78, 5) is 12.6.